The van der Waals surface area contributed by atoms with Crippen LogP contribution in [0.25, 0.3) is 5.76 Å². The number of pyridine rings is 1. The first-order chi connectivity index (χ1) is 19.5. The van der Waals surface area contributed by atoms with Gasteiger partial charge in [-0.05, 0) is 60.4 Å². The normalized spacial score (nSPS) is 16.3. The van der Waals surface area contributed by atoms with Crippen molar-refractivity contribution >= 4 is 17.4 Å². The summed E-state index contributed by atoms with van der Waals surface area (Å²) in [6.07, 6.45) is 7.06. The molecule has 0 spiro atoms. The number of aliphatic hydroxyl groups excluding tert-OH is 1. The van der Waals surface area contributed by atoms with Crippen LogP contribution in [-0.4, -0.2) is 47.0 Å². The smallest absolute Gasteiger partial charge is 0.295 e. The van der Waals surface area contributed by atoms with E-state index in [0.29, 0.717) is 41.6 Å². The van der Waals surface area contributed by atoms with Gasteiger partial charge in [0.05, 0.1) is 31.9 Å². The zero-order valence-corrected chi connectivity index (χ0v) is 23.3. The highest BCUT2D eigenvalue weighted by Gasteiger charge is 2.46. The minimum Gasteiger partial charge on any atom is -0.507 e. The molecule has 3 aromatic rings. The molecule has 4 rings (SSSR count). The Balaban J connectivity index is 1.79. The molecule has 0 bridgehead atoms. The van der Waals surface area contributed by atoms with E-state index in [1.807, 2.05) is 0 Å². The molecule has 8 heteroatoms. The average Bonchev–Trinajstić information content (AvgIpc) is 3.22. The monoisotopic (exact) mass is 544 g/mol. The Hall–Kier alpha value is -4.33. The number of aromatic nitrogens is 1. The summed E-state index contributed by atoms with van der Waals surface area (Å²) < 4.78 is 17.3. The van der Waals surface area contributed by atoms with Gasteiger partial charge in [-0.25, -0.2) is 0 Å². The molecule has 2 aromatic carbocycles. The van der Waals surface area contributed by atoms with Crippen LogP contribution in [0.5, 0.6) is 17.2 Å². The molecule has 1 unspecified atom stereocenters. The number of aliphatic hydroxyl groups is 1. The Bertz CT molecular complexity index is 1350. The first-order valence-electron chi connectivity index (χ1n) is 13.7. The summed E-state index contributed by atoms with van der Waals surface area (Å²) in [4.78, 5) is 32.4. The molecule has 0 aliphatic carbocycles. The number of hydrogen-bond acceptors (Lipinski definition) is 7. The van der Waals surface area contributed by atoms with E-state index in [0.717, 1.165) is 31.2 Å². The molecule has 8 nitrogen and oxygen atoms in total. The van der Waals surface area contributed by atoms with Crippen molar-refractivity contribution in [1.82, 2.24) is 9.88 Å². The molecule has 210 valence electrons. The molecule has 1 aliphatic rings. The van der Waals surface area contributed by atoms with Gasteiger partial charge < -0.3 is 24.2 Å². The molecule has 0 radical (unpaired) electrons. The summed E-state index contributed by atoms with van der Waals surface area (Å²) in [5.41, 5.74) is 1.82. The van der Waals surface area contributed by atoms with Crippen molar-refractivity contribution in [2.75, 3.05) is 20.3 Å². The second kappa shape index (κ2) is 13.6. The summed E-state index contributed by atoms with van der Waals surface area (Å²) in [5.74, 6) is -0.0757. The van der Waals surface area contributed by atoms with Crippen LogP contribution in [0.2, 0.25) is 0 Å². The van der Waals surface area contributed by atoms with E-state index in [1.54, 1.807) is 74.1 Å². The largest absolute Gasteiger partial charge is 0.507 e. The molecule has 0 saturated carbocycles. The summed E-state index contributed by atoms with van der Waals surface area (Å²) in [6, 6.07) is 15.0. The molecule has 1 saturated heterocycles. The van der Waals surface area contributed by atoms with Gasteiger partial charge in [-0.2, -0.15) is 0 Å². The third kappa shape index (κ3) is 6.45. The summed E-state index contributed by atoms with van der Waals surface area (Å²) in [7, 11) is 1.55. The lowest BCUT2D eigenvalue weighted by atomic mass is 9.94. The lowest BCUT2D eigenvalue weighted by Crippen LogP contribution is -2.29. The highest BCUT2D eigenvalue weighted by atomic mass is 16.5. The fraction of sp³-hybridized carbons (Fsp3) is 0.344. The average molecular weight is 545 g/mol. The van der Waals surface area contributed by atoms with E-state index in [4.69, 9.17) is 14.2 Å². The second-order valence-corrected chi connectivity index (χ2v) is 9.62. The number of Topliss-reactive ketones (excluding diaryl/α,β-unsaturated/α-hetero) is 1. The Morgan fingerprint density at radius 2 is 1.65 bits per heavy atom. The molecule has 1 fully saturated rings. The standard InChI is InChI=1S/C32H36N2O6/c1-4-6-17-39-25-10-8-9-24(19-25)30(35)28-29(23-11-12-26(27(20-23)38-3)40-18-7-5-2)34(32(37)31(28)36)21-22-13-15-33-16-14-22/h8-16,19-20,29,35H,4-7,17-18,21H2,1-3H3/b30-28+. The summed E-state index contributed by atoms with van der Waals surface area (Å²) >= 11 is 0. The van der Waals surface area contributed by atoms with Crippen molar-refractivity contribution in [3.63, 3.8) is 0 Å². The van der Waals surface area contributed by atoms with Gasteiger partial charge in [0.25, 0.3) is 11.7 Å². The minimum atomic E-state index is -0.851. The van der Waals surface area contributed by atoms with Crippen LogP contribution in [-0.2, 0) is 16.1 Å². The number of rotatable bonds is 13. The maximum absolute atomic E-state index is 13.5. The van der Waals surface area contributed by atoms with Gasteiger partial charge >= 0.3 is 0 Å². The van der Waals surface area contributed by atoms with Crippen molar-refractivity contribution in [3.8, 4) is 17.2 Å². The number of ether oxygens (including phenoxy) is 3. The van der Waals surface area contributed by atoms with E-state index in [9.17, 15) is 14.7 Å². The molecule has 1 aromatic heterocycles. The van der Waals surface area contributed by atoms with Crippen LogP contribution >= 0.6 is 0 Å². The van der Waals surface area contributed by atoms with E-state index < -0.39 is 17.7 Å². The van der Waals surface area contributed by atoms with Crippen molar-refractivity contribution < 1.29 is 28.9 Å². The molecular weight excluding hydrogens is 508 g/mol. The Labute approximate surface area is 235 Å². The lowest BCUT2D eigenvalue weighted by molar-refractivity contribution is -0.140. The van der Waals surface area contributed by atoms with E-state index in [2.05, 4.69) is 18.8 Å². The molecule has 40 heavy (non-hydrogen) atoms. The molecule has 1 aliphatic heterocycles. The predicted octanol–water partition coefficient (Wildman–Crippen LogP) is 6.07. The lowest BCUT2D eigenvalue weighted by Gasteiger charge is -2.26. The number of nitrogens with zero attached hydrogens (tertiary/aromatic N) is 2. The van der Waals surface area contributed by atoms with Gasteiger partial charge in [0.2, 0.25) is 0 Å². The third-order valence-corrected chi connectivity index (χ3v) is 6.78. The fourth-order valence-electron chi connectivity index (χ4n) is 4.60. The maximum Gasteiger partial charge on any atom is 0.295 e. The number of ketones is 1. The highest BCUT2D eigenvalue weighted by Crippen LogP contribution is 2.43. The summed E-state index contributed by atoms with van der Waals surface area (Å²) in [6.45, 7) is 5.41. The Morgan fingerprint density at radius 3 is 2.35 bits per heavy atom. The predicted molar refractivity (Wildman–Crippen MR) is 152 cm³/mol. The number of unbranched alkanes of at least 4 members (excludes halogenated alkanes) is 2. The number of hydrogen-bond donors (Lipinski definition) is 1. The minimum absolute atomic E-state index is 0.00599. The number of carbonyl (C=O) groups is 2. The second-order valence-electron chi connectivity index (χ2n) is 9.62. The molecule has 1 atom stereocenters. The molecular formula is C32H36N2O6. The zero-order chi connectivity index (χ0) is 28.5. The molecule has 1 N–H and O–H groups in total. The maximum atomic E-state index is 13.5. The van der Waals surface area contributed by atoms with Gasteiger partial charge in [0, 0.05) is 24.5 Å². The SMILES string of the molecule is CCCCOc1cccc(/C(O)=C2\C(=O)C(=O)N(Cc3ccncc3)C2c2ccc(OCCCC)c(OC)c2)c1. The topological polar surface area (TPSA) is 98.2 Å². The first-order valence-corrected chi connectivity index (χ1v) is 13.7. The Kier molecular flexibility index (Phi) is 9.78. The highest BCUT2D eigenvalue weighted by molar-refractivity contribution is 6.46. The quantitative estimate of drug-likeness (QED) is 0.121. The van der Waals surface area contributed by atoms with Gasteiger partial charge in [0.15, 0.2) is 11.5 Å². The van der Waals surface area contributed by atoms with E-state index >= 15 is 0 Å². The van der Waals surface area contributed by atoms with Crippen molar-refractivity contribution in [2.24, 2.45) is 0 Å². The number of methoxy groups -OCH3 is 1. The van der Waals surface area contributed by atoms with Crippen molar-refractivity contribution in [3.05, 3.63) is 89.3 Å². The zero-order valence-electron chi connectivity index (χ0n) is 23.3. The number of benzene rings is 2. The van der Waals surface area contributed by atoms with E-state index in [-0.39, 0.29) is 17.9 Å². The van der Waals surface area contributed by atoms with Crippen molar-refractivity contribution in [1.29, 1.82) is 0 Å². The molecule has 2 heterocycles. The van der Waals surface area contributed by atoms with Crippen molar-refractivity contribution in [2.45, 2.75) is 52.1 Å². The summed E-state index contributed by atoms with van der Waals surface area (Å²) in [5, 5.41) is 11.5. The number of carbonyl (C=O) groups excluding carboxylic acids is 2. The van der Waals surface area contributed by atoms with Gasteiger partial charge in [0.1, 0.15) is 11.5 Å². The first kappa shape index (κ1) is 28.7. The third-order valence-electron chi connectivity index (χ3n) is 6.78. The van der Waals surface area contributed by atoms with Crippen LogP contribution < -0.4 is 14.2 Å². The Morgan fingerprint density at radius 1 is 0.925 bits per heavy atom. The van der Waals surface area contributed by atoms with Crippen LogP contribution in [0, 0.1) is 0 Å². The molecule has 1 amide bonds. The van der Waals surface area contributed by atoms with Gasteiger partial charge in [-0.3, -0.25) is 14.6 Å². The van der Waals surface area contributed by atoms with Gasteiger partial charge in [-0.15, -0.1) is 0 Å². The number of likely N-dealkylation sites (tertiary alicyclic amines) is 1. The van der Waals surface area contributed by atoms with Crippen LogP contribution in [0.15, 0.2) is 72.6 Å². The fourth-order valence-corrected chi connectivity index (χ4v) is 4.60. The van der Waals surface area contributed by atoms with E-state index in [1.165, 1.54) is 4.90 Å². The van der Waals surface area contributed by atoms with Gasteiger partial charge in [-0.1, -0.05) is 44.9 Å². The van der Waals surface area contributed by atoms with Crippen LogP contribution in [0.1, 0.15) is 62.3 Å². The van der Waals surface area contributed by atoms with Crippen LogP contribution in [0.3, 0.4) is 0 Å². The number of amides is 1. The van der Waals surface area contributed by atoms with Crippen LogP contribution in [0.4, 0.5) is 0 Å².